The molecule has 1 aromatic carbocycles. The molecule has 0 bridgehead atoms. The Bertz CT molecular complexity index is 662. The lowest BCUT2D eigenvalue weighted by molar-refractivity contribution is 0.287. The quantitative estimate of drug-likeness (QED) is 0.909. The summed E-state index contributed by atoms with van der Waals surface area (Å²) in [4.78, 5) is 14.5. The van der Waals surface area contributed by atoms with Crippen molar-refractivity contribution >= 4 is 11.6 Å². The van der Waals surface area contributed by atoms with Crippen LogP contribution in [0.1, 0.15) is 25.0 Å². The molecule has 0 aliphatic carbocycles. The summed E-state index contributed by atoms with van der Waals surface area (Å²) in [6.07, 6.45) is 0.703. The molecule has 0 aliphatic rings. The zero-order valence-corrected chi connectivity index (χ0v) is 12.7. The van der Waals surface area contributed by atoms with Gasteiger partial charge in [-0.05, 0) is 36.6 Å². The Balaban J connectivity index is 2.11. The molecular formula is C16H17ClFNO2. The van der Waals surface area contributed by atoms with Gasteiger partial charge in [-0.1, -0.05) is 31.5 Å². The van der Waals surface area contributed by atoms with E-state index in [4.69, 9.17) is 16.3 Å². The third-order valence-corrected chi connectivity index (χ3v) is 3.38. The molecule has 112 valence electrons. The fourth-order valence-corrected chi connectivity index (χ4v) is 2.21. The van der Waals surface area contributed by atoms with E-state index in [1.54, 1.807) is 18.2 Å². The molecule has 0 saturated heterocycles. The maximum Gasteiger partial charge on any atom is 0.253 e. The number of aromatic nitrogens is 1. The van der Waals surface area contributed by atoms with Crippen molar-refractivity contribution in [2.45, 2.75) is 26.9 Å². The molecule has 5 heteroatoms. The molecule has 0 amide bonds. The van der Waals surface area contributed by atoms with Gasteiger partial charge in [0.1, 0.15) is 12.4 Å². The van der Waals surface area contributed by atoms with Gasteiger partial charge in [-0.3, -0.25) is 9.78 Å². The maximum absolute atomic E-state index is 13.6. The molecule has 0 aliphatic heterocycles. The summed E-state index contributed by atoms with van der Waals surface area (Å²) in [5, 5.41) is 0.300. The Morgan fingerprint density at radius 2 is 2.05 bits per heavy atom. The van der Waals surface area contributed by atoms with E-state index >= 15 is 0 Å². The van der Waals surface area contributed by atoms with Gasteiger partial charge in [0.2, 0.25) is 0 Å². The van der Waals surface area contributed by atoms with Crippen molar-refractivity contribution in [1.82, 2.24) is 4.98 Å². The number of benzene rings is 1. The Morgan fingerprint density at radius 1 is 1.29 bits per heavy atom. The number of pyridine rings is 1. The number of nitrogens with one attached hydrogen (secondary N) is 1. The summed E-state index contributed by atoms with van der Waals surface area (Å²) < 4.78 is 19.0. The van der Waals surface area contributed by atoms with Crippen molar-refractivity contribution in [3.8, 4) is 5.88 Å². The van der Waals surface area contributed by atoms with Crippen LogP contribution in [0.5, 0.6) is 5.88 Å². The highest BCUT2D eigenvalue weighted by Crippen LogP contribution is 2.20. The first kappa shape index (κ1) is 15.6. The van der Waals surface area contributed by atoms with Gasteiger partial charge < -0.3 is 4.74 Å². The van der Waals surface area contributed by atoms with Gasteiger partial charge in [-0.15, -0.1) is 0 Å². The van der Waals surface area contributed by atoms with E-state index in [1.807, 2.05) is 13.8 Å². The van der Waals surface area contributed by atoms with E-state index < -0.39 is 5.82 Å². The molecule has 0 radical (unpaired) electrons. The van der Waals surface area contributed by atoms with Crippen molar-refractivity contribution in [2.75, 3.05) is 0 Å². The minimum atomic E-state index is -0.429. The van der Waals surface area contributed by atoms with E-state index in [2.05, 4.69) is 4.98 Å². The zero-order valence-electron chi connectivity index (χ0n) is 12.0. The third kappa shape index (κ3) is 4.08. The molecule has 1 N–H and O–H groups in total. The van der Waals surface area contributed by atoms with Crippen molar-refractivity contribution in [3.05, 3.63) is 62.7 Å². The molecule has 1 aromatic heterocycles. The minimum Gasteiger partial charge on any atom is -0.474 e. The molecule has 0 fully saturated rings. The predicted molar refractivity (Wildman–Crippen MR) is 81.3 cm³/mol. The van der Waals surface area contributed by atoms with Gasteiger partial charge in [0.25, 0.3) is 5.56 Å². The fraction of sp³-hybridized carbons (Fsp3) is 0.312. The van der Waals surface area contributed by atoms with Gasteiger partial charge >= 0.3 is 0 Å². The van der Waals surface area contributed by atoms with Crippen molar-refractivity contribution < 1.29 is 9.13 Å². The van der Waals surface area contributed by atoms with Gasteiger partial charge in [-0.2, -0.15) is 0 Å². The molecule has 0 unspecified atom stereocenters. The molecule has 0 saturated carbocycles. The molecule has 21 heavy (non-hydrogen) atoms. The maximum atomic E-state index is 13.6. The van der Waals surface area contributed by atoms with Crippen molar-refractivity contribution in [3.63, 3.8) is 0 Å². The van der Waals surface area contributed by atoms with Gasteiger partial charge in [0.05, 0.1) is 5.02 Å². The van der Waals surface area contributed by atoms with Crippen LogP contribution in [0.25, 0.3) is 0 Å². The second kappa shape index (κ2) is 6.76. The van der Waals surface area contributed by atoms with E-state index in [9.17, 15) is 9.18 Å². The number of hydrogen-bond acceptors (Lipinski definition) is 2. The summed E-state index contributed by atoms with van der Waals surface area (Å²) in [6, 6.07) is 7.85. The largest absolute Gasteiger partial charge is 0.474 e. The Morgan fingerprint density at radius 3 is 2.67 bits per heavy atom. The summed E-state index contributed by atoms with van der Waals surface area (Å²) >= 11 is 5.92. The first-order chi connectivity index (χ1) is 9.97. The van der Waals surface area contributed by atoms with Crippen molar-refractivity contribution in [1.29, 1.82) is 0 Å². The lowest BCUT2D eigenvalue weighted by atomic mass is 10.0. The first-order valence-electron chi connectivity index (χ1n) is 6.75. The van der Waals surface area contributed by atoms with Crippen LogP contribution in [0.4, 0.5) is 4.39 Å². The summed E-state index contributed by atoms with van der Waals surface area (Å²) in [5.41, 5.74) is 0.799. The van der Waals surface area contributed by atoms with Crippen LogP contribution in [0.3, 0.4) is 0 Å². The highest BCUT2D eigenvalue weighted by Gasteiger charge is 2.09. The average Bonchev–Trinajstić information content (AvgIpc) is 2.41. The van der Waals surface area contributed by atoms with Gasteiger partial charge in [0.15, 0.2) is 5.88 Å². The number of H-pyrrole nitrogens is 1. The predicted octanol–water partition coefficient (Wildman–Crippen LogP) is 3.94. The van der Waals surface area contributed by atoms with Gasteiger partial charge in [-0.25, -0.2) is 4.39 Å². The Hall–Kier alpha value is -1.81. The van der Waals surface area contributed by atoms with Crippen LogP contribution in [0.15, 0.2) is 35.1 Å². The number of rotatable bonds is 5. The van der Waals surface area contributed by atoms with Crippen LogP contribution in [-0.4, -0.2) is 4.98 Å². The van der Waals surface area contributed by atoms with Crippen LogP contribution < -0.4 is 10.3 Å². The highest BCUT2D eigenvalue weighted by molar-refractivity contribution is 6.31. The van der Waals surface area contributed by atoms with E-state index in [0.29, 0.717) is 28.8 Å². The third-order valence-electron chi connectivity index (χ3n) is 3.03. The van der Waals surface area contributed by atoms with E-state index in [0.717, 1.165) is 0 Å². The smallest absolute Gasteiger partial charge is 0.253 e. The molecular weight excluding hydrogens is 293 g/mol. The molecule has 0 spiro atoms. The Labute approximate surface area is 127 Å². The molecule has 2 aromatic rings. The molecule has 0 atom stereocenters. The number of ether oxygens (including phenoxy) is 1. The van der Waals surface area contributed by atoms with Crippen LogP contribution >= 0.6 is 11.6 Å². The second-order valence-electron chi connectivity index (χ2n) is 5.26. The van der Waals surface area contributed by atoms with Crippen LogP contribution in [0.2, 0.25) is 5.02 Å². The van der Waals surface area contributed by atoms with Gasteiger partial charge in [0, 0.05) is 11.1 Å². The summed E-state index contributed by atoms with van der Waals surface area (Å²) in [7, 11) is 0. The average molecular weight is 310 g/mol. The standard InChI is InChI=1S/C16H17ClFNO2/c1-10(2)8-11-6-7-15(19-16(11)20)21-9-12-13(17)4-3-5-14(12)18/h3-7,10H,8-9H2,1-2H3,(H,19,20). The lowest BCUT2D eigenvalue weighted by Gasteiger charge is -2.09. The fourth-order valence-electron chi connectivity index (χ4n) is 1.99. The topological polar surface area (TPSA) is 42.1 Å². The summed E-state index contributed by atoms with van der Waals surface area (Å²) in [6.45, 7) is 4.05. The second-order valence-corrected chi connectivity index (χ2v) is 5.67. The number of aromatic amines is 1. The molecule has 2 rings (SSSR count). The first-order valence-corrected chi connectivity index (χ1v) is 7.13. The van der Waals surface area contributed by atoms with E-state index in [-0.39, 0.29) is 17.7 Å². The minimum absolute atomic E-state index is 0.0367. The SMILES string of the molecule is CC(C)Cc1ccc(OCc2c(F)cccc2Cl)[nH]c1=O. The van der Waals surface area contributed by atoms with Crippen LogP contribution in [-0.2, 0) is 13.0 Å². The monoisotopic (exact) mass is 309 g/mol. The Kier molecular flexibility index (Phi) is 5.02. The number of halogens is 2. The van der Waals surface area contributed by atoms with Crippen LogP contribution in [0, 0.1) is 11.7 Å². The molecule has 3 nitrogen and oxygen atoms in total. The van der Waals surface area contributed by atoms with Crippen molar-refractivity contribution in [2.24, 2.45) is 5.92 Å². The number of hydrogen-bond donors (Lipinski definition) is 1. The normalized spacial score (nSPS) is 10.9. The van der Waals surface area contributed by atoms with E-state index in [1.165, 1.54) is 12.1 Å². The summed E-state index contributed by atoms with van der Waals surface area (Å²) in [5.74, 6) is 0.267. The molecule has 1 heterocycles. The lowest BCUT2D eigenvalue weighted by Crippen LogP contribution is -2.15. The zero-order chi connectivity index (χ0) is 15.4. The highest BCUT2D eigenvalue weighted by atomic mass is 35.5.